The Morgan fingerprint density at radius 2 is 2.37 bits per heavy atom. The quantitative estimate of drug-likeness (QED) is 0.899. The molecule has 2 nitrogen and oxygen atoms in total. The molecule has 1 N–H and O–H groups in total. The van der Waals surface area contributed by atoms with Crippen molar-refractivity contribution in [3.63, 3.8) is 0 Å². The van der Waals surface area contributed by atoms with E-state index in [1.165, 1.54) is 16.2 Å². The normalized spacial score (nSPS) is 24.1. The smallest absolute Gasteiger partial charge is 0.105 e. The predicted molar refractivity (Wildman–Crippen MR) is 82.0 cm³/mol. The van der Waals surface area contributed by atoms with Gasteiger partial charge in [0.05, 0.1) is 10.5 Å². The highest BCUT2D eigenvalue weighted by atomic mass is 32.2. The minimum atomic E-state index is 0.430. The van der Waals surface area contributed by atoms with Crippen LogP contribution in [0, 0.1) is 0 Å². The summed E-state index contributed by atoms with van der Waals surface area (Å²) in [5.41, 5.74) is 1.49. The molecule has 3 atom stereocenters. The van der Waals surface area contributed by atoms with Crippen LogP contribution in [0.4, 0.5) is 0 Å². The molecule has 4 heteroatoms. The summed E-state index contributed by atoms with van der Waals surface area (Å²) < 4.78 is 6.91. The van der Waals surface area contributed by atoms with E-state index in [1.54, 1.807) is 6.26 Å². The standard InChI is InChI=1S/C15H19NOS2/c1-10(8-12-4-3-6-17-12)16-14-9-11(2)19-15-13(14)5-7-18-15/h3-7,10-11,14,16H,8-9H2,1-2H3/t10?,11-,14?/m0/s1. The Kier molecular flexibility index (Phi) is 4.01. The molecule has 0 amide bonds. The zero-order chi connectivity index (χ0) is 13.2. The molecule has 1 aliphatic heterocycles. The first-order valence-electron chi connectivity index (χ1n) is 6.75. The van der Waals surface area contributed by atoms with Crippen LogP contribution in [0.25, 0.3) is 0 Å². The Hall–Kier alpha value is -0.710. The molecule has 19 heavy (non-hydrogen) atoms. The molecule has 2 unspecified atom stereocenters. The first kappa shape index (κ1) is 13.3. The average Bonchev–Trinajstić information content (AvgIpc) is 2.99. The number of hydrogen-bond acceptors (Lipinski definition) is 4. The van der Waals surface area contributed by atoms with Crippen LogP contribution < -0.4 is 5.32 Å². The van der Waals surface area contributed by atoms with E-state index in [1.807, 2.05) is 35.2 Å². The Labute approximate surface area is 122 Å². The average molecular weight is 293 g/mol. The summed E-state index contributed by atoms with van der Waals surface area (Å²) >= 11 is 3.88. The summed E-state index contributed by atoms with van der Waals surface area (Å²) in [5, 5.41) is 6.67. The highest BCUT2D eigenvalue weighted by molar-refractivity contribution is 8.01. The summed E-state index contributed by atoms with van der Waals surface area (Å²) in [4.78, 5) is 0. The summed E-state index contributed by atoms with van der Waals surface area (Å²) in [5.74, 6) is 1.06. The molecule has 0 aromatic carbocycles. The van der Waals surface area contributed by atoms with Gasteiger partial charge in [-0.05, 0) is 42.5 Å². The fourth-order valence-corrected chi connectivity index (χ4v) is 5.21. The van der Waals surface area contributed by atoms with E-state index in [0.717, 1.165) is 12.2 Å². The monoisotopic (exact) mass is 293 g/mol. The van der Waals surface area contributed by atoms with Gasteiger partial charge in [-0.1, -0.05) is 6.92 Å². The lowest BCUT2D eigenvalue weighted by atomic mass is 10.0. The molecular weight excluding hydrogens is 274 g/mol. The summed E-state index contributed by atoms with van der Waals surface area (Å²) in [6.07, 6.45) is 3.90. The maximum Gasteiger partial charge on any atom is 0.105 e. The van der Waals surface area contributed by atoms with Crippen LogP contribution in [0.1, 0.15) is 37.6 Å². The van der Waals surface area contributed by atoms with Crippen LogP contribution in [0.5, 0.6) is 0 Å². The van der Waals surface area contributed by atoms with Crippen LogP contribution in [0.3, 0.4) is 0 Å². The van der Waals surface area contributed by atoms with Crippen molar-refractivity contribution in [2.75, 3.05) is 0 Å². The van der Waals surface area contributed by atoms with Gasteiger partial charge in [0.2, 0.25) is 0 Å². The second-order valence-corrected chi connectivity index (χ2v) is 7.85. The second kappa shape index (κ2) is 5.73. The minimum absolute atomic E-state index is 0.430. The molecule has 2 aromatic rings. The number of rotatable bonds is 4. The number of hydrogen-bond donors (Lipinski definition) is 1. The topological polar surface area (TPSA) is 25.2 Å². The van der Waals surface area contributed by atoms with Crippen LogP contribution in [-0.4, -0.2) is 11.3 Å². The molecule has 0 spiro atoms. The van der Waals surface area contributed by atoms with Crippen molar-refractivity contribution < 1.29 is 4.42 Å². The maximum atomic E-state index is 5.43. The molecule has 3 heterocycles. The molecule has 0 saturated carbocycles. The van der Waals surface area contributed by atoms with Crippen molar-refractivity contribution in [2.24, 2.45) is 0 Å². The fraction of sp³-hybridized carbons (Fsp3) is 0.467. The van der Waals surface area contributed by atoms with E-state index in [0.29, 0.717) is 17.3 Å². The van der Waals surface area contributed by atoms with Gasteiger partial charge in [-0.15, -0.1) is 23.1 Å². The van der Waals surface area contributed by atoms with Gasteiger partial charge in [-0.25, -0.2) is 0 Å². The Balaban J connectivity index is 1.67. The van der Waals surface area contributed by atoms with Gasteiger partial charge in [0, 0.05) is 23.8 Å². The summed E-state index contributed by atoms with van der Waals surface area (Å²) in [6.45, 7) is 4.56. The van der Waals surface area contributed by atoms with Crippen molar-refractivity contribution in [2.45, 2.75) is 48.2 Å². The van der Waals surface area contributed by atoms with E-state index in [4.69, 9.17) is 4.42 Å². The molecule has 102 valence electrons. The van der Waals surface area contributed by atoms with Crippen molar-refractivity contribution in [1.29, 1.82) is 0 Å². The largest absolute Gasteiger partial charge is 0.469 e. The fourth-order valence-electron chi connectivity index (χ4n) is 2.64. The van der Waals surface area contributed by atoms with Gasteiger partial charge >= 0.3 is 0 Å². The maximum absolute atomic E-state index is 5.43. The summed E-state index contributed by atoms with van der Waals surface area (Å²) in [7, 11) is 0. The van der Waals surface area contributed by atoms with Crippen molar-refractivity contribution >= 4 is 23.1 Å². The van der Waals surface area contributed by atoms with Gasteiger partial charge < -0.3 is 9.73 Å². The molecule has 0 bridgehead atoms. The molecule has 3 rings (SSSR count). The van der Waals surface area contributed by atoms with Crippen LogP contribution in [0.15, 0.2) is 38.5 Å². The van der Waals surface area contributed by atoms with Crippen molar-refractivity contribution in [3.05, 3.63) is 41.2 Å². The van der Waals surface area contributed by atoms with Gasteiger partial charge in [0.25, 0.3) is 0 Å². The Morgan fingerprint density at radius 1 is 1.47 bits per heavy atom. The lowest BCUT2D eigenvalue weighted by molar-refractivity contribution is 0.399. The molecule has 0 aliphatic carbocycles. The van der Waals surface area contributed by atoms with Gasteiger partial charge in [0.15, 0.2) is 0 Å². The predicted octanol–water partition coefficient (Wildman–Crippen LogP) is 4.49. The van der Waals surface area contributed by atoms with Crippen molar-refractivity contribution in [1.82, 2.24) is 5.32 Å². The van der Waals surface area contributed by atoms with E-state index in [9.17, 15) is 0 Å². The van der Waals surface area contributed by atoms with Gasteiger partial charge in [-0.2, -0.15) is 0 Å². The minimum Gasteiger partial charge on any atom is -0.469 e. The number of furan rings is 1. The highest BCUT2D eigenvalue weighted by Crippen LogP contribution is 2.43. The molecule has 2 aromatic heterocycles. The zero-order valence-corrected chi connectivity index (χ0v) is 12.9. The lowest BCUT2D eigenvalue weighted by Gasteiger charge is -2.30. The third kappa shape index (κ3) is 3.07. The zero-order valence-electron chi connectivity index (χ0n) is 11.3. The summed E-state index contributed by atoms with van der Waals surface area (Å²) in [6, 6.07) is 7.20. The Morgan fingerprint density at radius 3 is 3.16 bits per heavy atom. The van der Waals surface area contributed by atoms with E-state index < -0.39 is 0 Å². The number of thioether (sulfide) groups is 1. The van der Waals surface area contributed by atoms with Crippen LogP contribution in [-0.2, 0) is 6.42 Å². The van der Waals surface area contributed by atoms with Crippen LogP contribution >= 0.6 is 23.1 Å². The van der Waals surface area contributed by atoms with E-state index >= 15 is 0 Å². The lowest BCUT2D eigenvalue weighted by Crippen LogP contribution is -2.34. The van der Waals surface area contributed by atoms with E-state index in [2.05, 4.69) is 30.6 Å². The molecule has 0 saturated heterocycles. The second-order valence-electron chi connectivity index (χ2n) is 5.23. The van der Waals surface area contributed by atoms with Crippen molar-refractivity contribution in [3.8, 4) is 0 Å². The highest BCUT2D eigenvalue weighted by Gasteiger charge is 2.27. The SMILES string of the molecule is CC(Cc1ccco1)NC1C[C@H](C)Sc2sccc21. The molecule has 0 fully saturated rings. The third-order valence-corrected chi connectivity index (χ3v) is 5.83. The van der Waals surface area contributed by atoms with Gasteiger partial charge in [0.1, 0.15) is 5.76 Å². The molecule has 0 radical (unpaired) electrons. The number of thiophene rings is 1. The molecular formula is C15H19NOS2. The first-order valence-corrected chi connectivity index (χ1v) is 8.51. The Bertz CT molecular complexity index is 520. The third-order valence-electron chi connectivity index (χ3n) is 3.48. The number of nitrogens with one attached hydrogen (secondary N) is 1. The van der Waals surface area contributed by atoms with E-state index in [-0.39, 0.29) is 0 Å². The van der Waals surface area contributed by atoms with Crippen LogP contribution in [0.2, 0.25) is 0 Å². The number of fused-ring (bicyclic) bond motifs is 1. The first-order chi connectivity index (χ1) is 9.22. The molecule has 1 aliphatic rings. The van der Waals surface area contributed by atoms with Gasteiger partial charge in [-0.3, -0.25) is 0 Å².